The molecule has 0 saturated carbocycles. The molecule has 196 valence electrons. The summed E-state index contributed by atoms with van der Waals surface area (Å²) in [5.74, 6) is 1.30. The summed E-state index contributed by atoms with van der Waals surface area (Å²) >= 11 is 12.9. The number of halogens is 2. The fourth-order valence-corrected chi connectivity index (χ4v) is 5.10. The fraction of sp³-hybridized carbons (Fsp3) is 0.344. The van der Waals surface area contributed by atoms with E-state index in [9.17, 15) is 9.90 Å². The number of hydrogen-bond donors (Lipinski definition) is 1. The van der Waals surface area contributed by atoms with Crippen LogP contribution >= 0.6 is 23.2 Å². The molecule has 1 N–H and O–H groups in total. The predicted molar refractivity (Wildman–Crippen MR) is 156 cm³/mol. The molecule has 0 heterocycles. The summed E-state index contributed by atoms with van der Waals surface area (Å²) < 4.78 is 6.10. The second-order valence-corrected chi connectivity index (χ2v) is 10.3. The SMILES string of the molecule is CCC/C(=C(/c1ccc(OC[C@H](CC)CCC)cc1)c1ccc(C(C)=O)cc1O)c1ccc(Cl)cc1Cl. The average molecular weight is 540 g/mol. The molecule has 0 aromatic heterocycles. The largest absolute Gasteiger partial charge is 0.507 e. The molecule has 0 fully saturated rings. The van der Waals surface area contributed by atoms with Crippen molar-refractivity contribution in [1.82, 2.24) is 0 Å². The molecular formula is C32H36Cl2O3. The van der Waals surface area contributed by atoms with Crippen LogP contribution in [-0.4, -0.2) is 17.5 Å². The van der Waals surface area contributed by atoms with E-state index in [1.54, 1.807) is 12.1 Å². The Morgan fingerprint density at radius 2 is 1.57 bits per heavy atom. The van der Waals surface area contributed by atoms with Gasteiger partial charge < -0.3 is 9.84 Å². The molecule has 0 aliphatic carbocycles. The van der Waals surface area contributed by atoms with Gasteiger partial charge in [-0.05, 0) is 84.4 Å². The lowest BCUT2D eigenvalue weighted by Gasteiger charge is -2.20. The molecule has 3 aromatic carbocycles. The molecule has 0 saturated heterocycles. The zero-order chi connectivity index (χ0) is 26.9. The Balaban J connectivity index is 2.15. The van der Waals surface area contributed by atoms with E-state index in [1.807, 2.05) is 42.5 Å². The molecule has 0 aliphatic heterocycles. The smallest absolute Gasteiger partial charge is 0.159 e. The Bertz CT molecular complexity index is 1250. The van der Waals surface area contributed by atoms with E-state index in [0.717, 1.165) is 60.1 Å². The van der Waals surface area contributed by atoms with Gasteiger partial charge in [0.15, 0.2) is 5.78 Å². The number of hydrogen-bond acceptors (Lipinski definition) is 3. The van der Waals surface area contributed by atoms with Crippen molar-refractivity contribution in [2.75, 3.05) is 6.61 Å². The fourth-order valence-electron chi connectivity index (χ4n) is 4.58. The van der Waals surface area contributed by atoms with E-state index in [2.05, 4.69) is 20.8 Å². The number of phenols is 1. The van der Waals surface area contributed by atoms with Crippen molar-refractivity contribution in [3.8, 4) is 11.5 Å². The molecular weight excluding hydrogens is 503 g/mol. The number of carbonyl (C=O) groups is 1. The van der Waals surface area contributed by atoms with E-state index in [1.165, 1.54) is 13.0 Å². The Hall–Kier alpha value is -2.75. The van der Waals surface area contributed by atoms with Crippen LogP contribution in [0.1, 0.15) is 86.8 Å². The van der Waals surface area contributed by atoms with Crippen LogP contribution in [0.15, 0.2) is 60.7 Å². The first-order chi connectivity index (χ1) is 17.8. The van der Waals surface area contributed by atoms with Crippen molar-refractivity contribution in [2.45, 2.75) is 59.8 Å². The van der Waals surface area contributed by atoms with E-state index in [4.69, 9.17) is 27.9 Å². The summed E-state index contributed by atoms with van der Waals surface area (Å²) in [5.41, 5.74) is 4.75. The van der Waals surface area contributed by atoms with Gasteiger partial charge in [0.2, 0.25) is 0 Å². The van der Waals surface area contributed by atoms with Crippen LogP contribution in [0.25, 0.3) is 11.1 Å². The second kappa shape index (κ2) is 13.7. The third-order valence-electron chi connectivity index (χ3n) is 6.63. The number of ether oxygens (including phenoxy) is 1. The van der Waals surface area contributed by atoms with Gasteiger partial charge in [-0.2, -0.15) is 0 Å². The number of phenolic OH excluding ortho intramolecular Hbond substituents is 1. The van der Waals surface area contributed by atoms with Gasteiger partial charge in [0.05, 0.1) is 6.61 Å². The molecule has 3 nitrogen and oxygen atoms in total. The topological polar surface area (TPSA) is 46.5 Å². The highest BCUT2D eigenvalue weighted by Gasteiger charge is 2.20. The standard InChI is InChI=1S/C32H36Cl2O3/c1-5-8-22(7-3)20-37-26-14-10-23(11-15-26)32(29-16-12-24(21(4)35)18-31(29)36)28(9-6-2)27-17-13-25(33)19-30(27)34/h10-19,22,36H,5-9,20H2,1-4H3/b32-28+/t22-/m1/s1. The Labute approximate surface area is 231 Å². The van der Waals surface area contributed by atoms with Crippen LogP contribution in [0.5, 0.6) is 11.5 Å². The highest BCUT2D eigenvalue weighted by Crippen LogP contribution is 2.41. The van der Waals surface area contributed by atoms with Crippen molar-refractivity contribution in [3.63, 3.8) is 0 Å². The predicted octanol–water partition coefficient (Wildman–Crippen LogP) is 9.87. The molecule has 0 radical (unpaired) electrons. The number of allylic oxidation sites excluding steroid dienone is 1. The van der Waals surface area contributed by atoms with Gasteiger partial charge in [-0.15, -0.1) is 0 Å². The van der Waals surface area contributed by atoms with Crippen LogP contribution < -0.4 is 4.74 Å². The summed E-state index contributed by atoms with van der Waals surface area (Å²) in [6, 6.07) is 18.6. The van der Waals surface area contributed by atoms with Gasteiger partial charge in [-0.25, -0.2) is 0 Å². The van der Waals surface area contributed by atoms with Crippen LogP contribution in [0.4, 0.5) is 0 Å². The lowest BCUT2D eigenvalue weighted by Crippen LogP contribution is -2.10. The molecule has 3 rings (SSSR count). The quantitative estimate of drug-likeness (QED) is 0.184. The number of aromatic hydroxyl groups is 1. The van der Waals surface area contributed by atoms with E-state index < -0.39 is 0 Å². The average Bonchev–Trinajstić information content (AvgIpc) is 2.88. The summed E-state index contributed by atoms with van der Waals surface area (Å²) in [6.45, 7) is 8.69. The first-order valence-electron chi connectivity index (χ1n) is 13.0. The third kappa shape index (κ3) is 7.40. The van der Waals surface area contributed by atoms with E-state index >= 15 is 0 Å². The molecule has 3 aromatic rings. The normalized spacial score (nSPS) is 12.7. The first kappa shape index (κ1) is 28.8. The summed E-state index contributed by atoms with van der Waals surface area (Å²) in [5, 5.41) is 12.2. The summed E-state index contributed by atoms with van der Waals surface area (Å²) in [6.07, 6.45) is 5.00. The lowest BCUT2D eigenvalue weighted by atomic mass is 9.86. The Morgan fingerprint density at radius 1 is 0.892 bits per heavy atom. The van der Waals surface area contributed by atoms with Crippen molar-refractivity contribution < 1.29 is 14.6 Å². The van der Waals surface area contributed by atoms with Crippen molar-refractivity contribution >= 4 is 40.1 Å². The molecule has 0 amide bonds. The monoisotopic (exact) mass is 538 g/mol. The van der Waals surface area contributed by atoms with Crippen LogP contribution in [0.3, 0.4) is 0 Å². The molecule has 0 spiro atoms. The number of carbonyl (C=O) groups excluding carboxylic acids is 1. The number of ketones is 1. The van der Waals surface area contributed by atoms with Crippen LogP contribution in [0.2, 0.25) is 10.0 Å². The van der Waals surface area contributed by atoms with Crippen molar-refractivity contribution in [1.29, 1.82) is 0 Å². The van der Waals surface area contributed by atoms with Gasteiger partial charge in [-0.3, -0.25) is 4.79 Å². The zero-order valence-corrected chi connectivity index (χ0v) is 23.6. The molecule has 0 unspecified atom stereocenters. The summed E-state index contributed by atoms with van der Waals surface area (Å²) in [7, 11) is 0. The van der Waals surface area contributed by atoms with Crippen LogP contribution in [-0.2, 0) is 0 Å². The highest BCUT2D eigenvalue weighted by atomic mass is 35.5. The molecule has 0 bridgehead atoms. The van der Waals surface area contributed by atoms with E-state index in [0.29, 0.717) is 33.7 Å². The Kier molecular flexibility index (Phi) is 10.7. The van der Waals surface area contributed by atoms with Gasteiger partial charge in [0, 0.05) is 21.2 Å². The van der Waals surface area contributed by atoms with Gasteiger partial charge >= 0.3 is 0 Å². The van der Waals surface area contributed by atoms with Crippen LogP contribution in [0, 0.1) is 5.92 Å². The number of benzene rings is 3. The van der Waals surface area contributed by atoms with Crippen molar-refractivity contribution in [3.05, 3.63) is 93.0 Å². The molecule has 0 aliphatic rings. The number of Topliss-reactive ketones (excluding diaryl/α,β-unsaturated/α-hetero) is 1. The van der Waals surface area contributed by atoms with Gasteiger partial charge in [0.1, 0.15) is 11.5 Å². The maximum absolute atomic E-state index is 11.9. The minimum atomic E-state index is -0.100. The minimum absolute atomic E-state index is 0.0482. The third-order valence-corrected chi connectivity index (χ3v) is 7.18. The first-order valence-corrected chi connectivity index (χ1v) is 13.8. The van der Waals surface area contributed by atoms with Crippen molar-refractivity contribution in [2.24, 2.45) is 5.92 Å². The second-order valence-electron chi connectivity index (χ2n) is 9.41. The zero-order valence-electron chi connectivity index (χ0n) is 22.1. The maximum atomic E-state index is 11.9. The molecule has 5 heteroatoms. The lowest BCUT2D eigenvalue weighted by molar-refractivity contribution is 0.101. The maximum Gasteiger partial charge on any atom is 0.159 e. The highest BCUT2D eigenvalue weighted by molar-refractivity contribution is 6.36. The number of rotatable bonds is 12. The van der Waals surface area contributed by atoms with Gasteiger partial charge in [0.25, 0.3) is 0 Å². The Morgan fingerprint density at radius 3 is 2.14 bits per heavy atom. The summed E-state index contributed by atoms with van der Waals surface area (Å²) in [4.78, 5) is 11.9. The molecule has 37 heavy (non-hydrogen) atoms. The minimum Gasteiger partial charge on any atom is -0.507 e. The van der Waals surface area contributed by atoms with E-state index in [-0.39, 0.29) is 11.5 Å². The van der Waals surface area contributed by atoms with Gasteiger partial charge in [-0.1, -0.05) is 87.5 Å². The molecule has 1 atom stereocenters.